The molecule has 32 heavy (non-hydrogen) atoms. The second-order valence-corrected chi connectivity index (χ2v) is 7.67. The highest BCUT2D eigenvalue weighted by Crippen LogP contribution is 2.31. The van der Waals surface area contributed by atoms with E-state index in [2.05, 4.69) is 10.6 Å². The van der Waals surface area contributed by atoms with Crippen LogP contribution in [-0.2, 0) is 25.5 Å². The molecule has 2 aliphatic heterocycles. The Morgan fingerprint density at radius 1 is 1.25 bits per heavy atom. The number of hydrogen-bond acceptors (Lipinski definition) is 7. The molecule has 0 aliphatic carbocycles. The van der Waals surface area contributed by atoms with E-state index in [9.17, 15) is 14.4 Å². The molecule has 1 aromatic carbocycles. The molecule has 2 atom stereocenters. The predicted octanol–water partition coefficient (Wildman–Crippen LogP) is 2.90. The number of esters is 2. The molecule has 1 aromatic heterocycles. The topological polar surface area (TPSA) is 116 Å². The number of urea groups is 1. The van der Waals surface area contributed by atoms with Gasteiger partial charge in [-0.3, -0.25) is 4.79 Å². The van der Waals surface area contributed by atoms with Crippen LogP contribution < -0.4 is 15.4 Å². The first-order valence-corrected chi connectivity index (χ1v) is 10.4. The van der Waals surface area contributed by atoms with Crippen LogP contribution in [0.3, 0.4) is 0 Å². The van der Waals surface area contributed by atoms with Crippen LogP contribution in [0.1, 0.15) is 24.3 Å². The van der Waals surface area contributed by atoms with E-state index >= 15 is 0 Å². The summed E-state index contributed by atoms with van der Waals surface area (Å²) < 4.78 is 21.6. The maximum atomic E-state index is 12.7. The minimum absolute atomic E-state index is 0.103. The van der Waals surface area contributed by atoms with Gasteiger partial charge in [0, 0.05) is 5.02 Å². The average molecular weight is 461 g/mol. The Hall–Kier alpha value is -3.46. The van der Waals surface area contributed by atoms with Crippen molar-refractivity contribution in [2.45, 2.75) is 19.4 Å². The molecule has 4 rings (SSSR count). The molecule has 10 heteroatoms. The Bertz CT molecular complexity index is 1060. The van der Waals surface area contributed by atoms with Crippen molar-refractivity contribution in [2.24, 2.45) is 5.92 Å². The molecule has 0 fully saturated rings. The molecule has 0 saturated carbocycles. The summed E-state index contributed by atoms with van der Waals surface area (Å²) in [6.07, 6.45) is 1.83. The maximum absolute atomic E-state index is 12.7. The van der Waals surface area contributed by atoms with E-state index in [4.69, 9.17) is 30.2 Å². The molecule has 3 heterocycles. The number of furan rings is 1. The van der Waals surface area contributed by atoms with Gasteiger partial charge in [-0.1, -0.05) is 11.6 Å². The van der Waals surface area contributed by atoms with Crippen LogP contribution in [-0.4, -0.2) is 37.8 Å². The number of ether oxygens (including phenoxy) is 3. The van der Waals surface area contributed by atoms with Gasteiger partial charge in [-0.25, -0.2) is 9.59 Å². The standard InChI is InChI=1S/C22H21ClN2O7/c1-2-29-21(27)18-15(24-22(28)25-19(18)17-4-3-7-30-17)11-32-20(26)13-8-12-9-14(23)5-6-16(12)31-10-13/h3-7,9,13,19H,2,8,10-11H2,1H3,(H2,24,25,28). The van der Waals surface area contributed by atoms with Crippen LogP contribution in [0.2, 0.25) is 5.02 Å². The maximum Gasteiger partial charge on any atom is 0.338 e. The van der Waals surface area contributed by atoms with E-state index < -0.39 is 29.9 Å². The fourth-order valence-electron chi connectivity index (χ4n) is 3.63. The minimum atomic E-state index is -0.876. The lowest BCUT2D eigenvalue weighted by Gasteiger charge is -2.28. The number of halogens is 1. The Labute approximate surface area is 188 Å². The molecule has 168 valence electrons. The van der Waals surface area contributed by atoms with E-state index in [1.54, 1.807) is 37.3 Å². The van der Waals surface area contributed by atoms with Gasteiger partial charge in [-0.2, -0.15) is 0 Å². The van der Waals surface area contributed by atoms with Crippen molar-refractivity contribution < 1.29 is 33.0 Å². The summed E-state index contributed by atoms with van der Waals surface area (Å²) in [5.74, 6) is -0.699. The molecule has 2 aliphatic rings. The molecule has 0 radical (unpaired) electrons. The number of nitrogens with one attached hydrogen (secondary N) is 2. The third kappa shape index (κ3) is 4.57. The lowest BCUT2D eigenvalue weighted by atomic mass is 9.97. The summed E-state index contributed by atoms with van der Waals surface area (Å²) in [4.78, 5) is 37.6. The molecule has 0 spiro atoms. The lowest BCUT2D eigenvalue weighted by molar-refractivity contribution is -0.149. The SMILES string of the molecule is CCOC(=O)C1=C(COC(=O)C2COc3ccc(Cl)cc3C2)NC(=O)NC1c1ccco1. The van der Waals surface area contributed by atoms with Crippen molar-refractivity contribution in [3.8, 4) is 5.75 Å². The zero-order chi connectivity index (χ0) is 22.7. The number of fused-ring (bicyclic) bond motifs is 1. The van der Waals surface area contributed by atoms with Gasteiger partial charge >= 0.3 is 18.0 Å². The highest BCUT2D eigenvalue weighted by Gasteiger charge is 2.36. The first-order valence-electron chi connectivity index (χ1n) is 10.0. The van der Waals surface area contributed by atoms with Crippen molar-refractivity contribution in [3.63, 3.8) is 0 Å². The van der Waals surface area contributed by atoms with Crippen LogP contribution >= 0.6 is 11.6 Å². The van der Waals surface area contributed by atoms with Gasteiger partial charge < -0.3 is 29.3 Å². The Morgan fingerprint density at radius 3 is 2.84 bits per heavy atom. The Morgan fingerprint density at radius 2 is 2.09 bits per heavy atom. The van der Waals surface area contributed by atoms with Gasteiger partial charge in [0.05, 0.1) is 30.1 Å². The summed E-state index contributed by atoms with van der Waals surface area (Å²) in [6.45, 7) is 1.63. The summed E-state index contributed by atoms with van der Waals surface area (Å²) in [5, 5.41) is 5.72. The highest BCUT2D eigenvalue weighted by molar-refractivity contribution is 6.30. The van der Waals surface area contributed by atoms with Crippen molar-refractivity contribution in [3.05, 3.63) is 64.2 Å². The predicted molar refractivity (Wildman–Crippen MR) is 112 cm³/mol. The molecular formula is C22H21ClN2O7. The number of carbonyl (C=O) groups excluding carboxylic acids is 3. The van der Waals surface area contributed by atoms with Gasteiger partial charge in [0.15, 0.2) is 0 Å². The summed E-state index contributed by atoms with van der Waals surface area (Å²) in [6, 6.07) is 7.06. The number of carbonyl (C=O) groups is 3. The first-order chi connectivity index (χ1) is 15.5. The smallest absolute Gasteiger partial charge is 0.338 e. The second-order valence-electron chi connectivity index (χ2n) is 7.23. The molecule has 2 amide bonds. The zero-order valence-electron chi connectivity index (χ0n) is 17.2. The van der Waals surface area contributed by atoms with Crippen LogP contribution in [0.5, 0.6) is 5.75 Å². The van der Waals surface area contributed by atoms with Crippen LogP contribution in [0.25, 0.3) is 0 Å². The fraction of sp³-hybridized carbons (Fsp3) is 0.318. The third-order valence-electron chi connectivity index (χ3n) is 5.10. The normalized spacial score (nSPS) is 19.9. The van der Waals surface area contributed by atoms with Crippen LogP contribution in [0.15, 0.2) is 52.3 Å². The monoisotopic (exact) mass is 460 g/mol. The molecule has 2 aromatic rings. The van der Waals surface area contributed by atoms with Crippen molar-refractivity contribution >= 4 is 29.6 Å². The Kier molecular flexibility index (Phi) is 6.36. The first kappa shape index (κ1) is 21.8. The van der Waals surface area contributed by atoms with Gasteiger partial charge in [-0.05, 0) is 49.2 Å². The fourth-order valence-corrected chi connectivity index (χ4v) is 3.82. The van der Waals surface area contributed by atoms with Gasteiger partial charge in [-0.15, -0.1) is 0 Å². The van der Waals surface area contributed by atoms with Gasteiger partial charge in [0.2, 0.25) is 0 Å². The molecular weight excluding hydrogens is 440 g/mol. The molecule has 0 saturated heterocycles. The lowest BCUT2D eigenvalue weighted by Crippen LogP contribution is -2.47. The van der Waals surface area contributed by atoms with E-state index in [0.29, 0.717) is 23.0 Å². The molecule has 2 unspecified atom stereocenters. The van der Waals surface area contributed by atoms with Crippen LogP contribution in [0.4, 0.5) is 4.79 Å². The quantitative estimate of drug-likeness (QED) is 0.636. The Balaban J connectivity index is 1.52. The molecule has 9 nitrogen and oxygen atoms in total. The second kappa shape index (κ2) is 9.35. The van der Waals surface area contributed by atoms with E-state index in [-0.39, 0.29) is 31.1 Å². The average Bonchev–Trinajstić information content (AvgIpc) is 3.31. The number of amides is 2. The van der Waals surface area contributed by atoms with Crippen LogP contribution in [0, 0.1) is 5.92 Å². The number of hydrogen-bond donors (Lipinski definition) is 2. The van der Waals surface area contributed by atoms with Crippen molar-refractivity contribution in [1.29, 1.82) is 0 Å². The van der Waals surface area contributed by atoms with Gasteiger partial charge in [0.25, 0.3) is 0 Å². The van der Waals surface area contributed by atoms with E-state index in [0.717, 1.165) is 5.56 Å². The van der Waals surface area contributed by atoms with Gasteiger partial charge in [0.1, 0.15) is 30.8 Å². The summed E-state index contributed by atoms with van der Waals surface area (Å²) in [7, 11) is 0. The zero-order valence-corrected chi connectivity index (χ0v) is 17.9. The van der Waals surface area contributed by atoms with E-state index in [1.165, 1.54) is 6.26 Å². The largest absolute Gasteiger partial charge is 0.492 e. The number of rotatable bonds is 6. The van der Waals surface area contributed by atoms with Crippen molar-refractivity contribution in [1.82, 2.24) is 10.6 Å². The number of benzene rings is 1. The summed E-state index contributed by atoms with van der Waals surface area (Å²) >= 11 is 6.03. The highest BCUT2D eigenvalue weighted by atomic mass is 35.5. The minimum Gasteiger partial charge on any atom is -0.492 e. The summed E-state index contributed by atoms with van der Waals surface area (Å²) in [5.41, 5.74) is 1.04. The van der Waals surface area contributed by atoms with Crippen molar-refractivity contribution in [2.75, 3.05) is 19.8 Å². The van der Waals surface area contributed by atoms with E-state index in [1.807, 2.05) is 0 Å². The molecule has 0 bridgehead atoms. The third-order valence-corrected chi connectivity index (χ3v) is 5.33. The molecule has 2 N–H and O–H groups in total.